The summed E-state index contributed by atoms with van der Waals surface area (Å²) >= 11 is -2.50. The molecule has 7 rings (SSSR count). The van der Waals surface area contributed by atoms with Gasteiger partial charge in [-0.15, -0.1) is 0 Å². The molecule has 0 bridgehead atoms. The number of halogens is 2. The van der Waals surface area contributed by atoms with Gasteiger partial charge in [0.2, 0.25) is 0 Å². The second-order valence-electron chi connectivity index (χ2n) is 10.1. The van der Waals surface area contributed by atoms with Gasteiger partial charge in [0.25, 0.3) is 0 Å². The third-order valence-corrected chi connectivity index (χ3v) is 28.8. The molecule has 1 unspecified atom stereocenters. The summed E-state index contributed by atoms with van der Waals surface area (Å²) in [7, 11) is 0. The van der Waals surface area contributed by atoms with E-state index in [2.05, 4.69) is 146 Å². The van der Waals surface area contributed by atoms with E-state index in [-0.39, 0.29) is 24.8 Å². The van der Waals surface area contributed by atoms with Gasteiger partial charge < -0.3 is 24.8 Å². The molecule has 0 fully saturated rings. The third kappa shape index (κ3) is 4.87. The van der Waals surface area contributed by atoms with Crippen LogP contribution >= 0.6 is 0 Å². The number of fused-ring (bicyclic) bond motifs is 4. The van der Waals surface area contributed by atoms with E-state index in [4.69, 9.17) is 0 Å². The first-order chi connectivity index (χ1) is 18.3. The first-order valence-electron chi connectivity index (χ1n) is 13.1. The van der Waals surface area contributed by atoms with Crippen molar-refractivity contribution in [2.45, 2.75) is 14.2 Å². The van der Waals surface area contributed by atoms with Crippen LogP contribution in [0.25, 0.3) is 17.2 Å². The Balaban J connectivity index is 0.00000154. The molecule has 0 radical (unpaired) electrons. The van der Waals surface area contributed by atoms with Gasteiger partial charge in [-0.05, 0) is 0 Å². The van der Waals surface area contributed by atoms with Crippen LogP contribution in [-0.4, -0.2) is 5.43 Å². The van der Waals surface area contributed by atoms with Crippen molar-refractivity contribution in [3.05, 3.63) is 161 Å². The van der Waals surface area contributed by atoms with Crippen LogP contribution in [0.1, 0.15) is 36.4 Å². The molecule has 190 valence electrons. The second kappa shape index (κ2) is 11.9. The maximum absolute atomic E-state index is 2.50. The minimum Gasteiger partial charge on any atom is -1.00 e. The maximum Gasteiger partial charge on any atom is -1.00 e. The van der Waals surface area contributed by atoms with Crippen LogP contribution < -0.4 is 35.2 Å². The molecule has 0 heterocycles. The minimum atomic E-state index is -2.50. The van der Waals surface area contributed by atoms with Crippen molar-refractivity contribution in [1.82, 2.24) is 0 Å². The van der Waals surface area contributed by atoms with Crippen molar-refractivity contribution in [3.8, 4) is 11.1 Å². The molecule has 2 aliphatic rings. The summed E-state index contributed by atoms with van der Waals surface area (Å²) in [6.07, 6.45) is 2.49. The fraction of sp³-hybridized carbons (Fsp3) is 0.0857. The van der Waals surface area contributed by atoms with Gasteiger partial charge >= 0.3 is 229 Å². The Hall–Kier alpha value is -2.48. The van der Waals surface area contributed by atoms with Crippen molar-refractivity contribution in [3.63, 3.8) is 0 Å². The molecular weight excluding hydrogens is 611 g/mol. The molecular formula is C35H28Cl2SiZr. The molecule has 2 aliphatic carbocycles. The van der Waals surface area contributed by atoms with Crippen LogP contribution in [0.5, 0.6) is 0 Å². The minimum absolute atomic E-state index is 0. The fourth-order valence-electron chi connectivity index (χ4n) is 6.55. The van der Waals surface area contributed by atoms with Crippen LogP contribution in [-0.2, 0) is 20.4 Å². The molecule has 5 aromatic carbocycles. The average molecular weight is 639 g/mol. The zero-order valence-electron chi connectivity index (χ0n) is 21.7. The number of hydrogen-bond acceptors (Lipinski definition) is 0. The van der Waals surface area contributed by atoms with Crippen molar-refractivity contribution in [2.24, 2.45) is 0 Å². The summed E-state index contributed by atoms with van der Waals surface area (Å²) in [5.74, 6) is 0. The Bertz CT molecular complexity index is 1610. The van der Waals surface area contributed by atoms with Crippen molar-refractivity contribution in [2.75, 3.05) is 0 Å². The van der Waals surface area contributed by atoms with Gasteiger partial charge in [-0.3, -0.25) is 0 Å². The Morgan fingerprint density at radius 3 is 1.46 bits per heavy atom. The zero-order chi connectivity index (χ0) is 24.8. The van der Waals surface area contributed by atoms with Crippen LogP contribution in [0.4, 0.5) is 0 Å². The third-order valence-electron chi connectivity index (χ3n) is 8.01. The SMILES string of the molecule is CC1=Cc2ccccc2[CH]1[Zr+2]([CH]1c2ccccc2-c2ccccc21)=[Si](c1ccccc1)c1ccccc1.[Cl-].[Cl-]. The van der Waals surface area contributed by atoms with E-state index in [0.717, 1.165) is 0 Å². The number of hydrogen-bond donors (Lipinski definition) is 0. The maximum atomic E-state index is 2.49. The monoisotopic (exact) mass is 636 g/mol. The fourth-order valence-corrected chi connectivity index (χ4v) is 31.5. The summed E-state index contributed by atoms with van der Waals surface area (Å²) in [6, 6.07) is 50.9. The first-order valence-corrected chi connectivity index (χ1v) is 21.1. The number of rotatable bonds is 4. The summed E-state index contributed by atoms with van der Waals surface area (Å²) < 4.78 is 1.10. The molecule has 0 spiro atoms. The zero-order valence-corrected chi connectivity index (χ0v) is 26.7. The van der Waals surface area contributed by atoms with Gasteiger partial charge in [0.05, 0.1) is 0 Å². The molecule has 39 heavy (non-hydrogen) atoms. The summed E-state index contributed by atoms with van der Waals surface area (Å²) in [6.45, 7) is 2.41. The van der Waals surface area contributed by atoms with Crippen LogP contribution in [0.2, 0.25) is 0 Å². The van der Waals surface area contributed by atoms with E-state index in [9.17, 15) is 0 Å². The van der Waals surface area contributed by atoms with Gasteiger partial charge in [0, 0.05) is 0 Å². The number of benzene rings is 5. The molecule has 4 heteroatoms. The summed E-state index contributed by atoms with van der Waals surface area (Å²) in [4.78, 5) is 0. The molecule has 0 saturated carbocycles. The van der Waals surface area contributed by atoms with Gasteiger partial charge in [0.1, 0.15) is 0 Å². The van der Waals surface area contributed by atoms with Gasteiger partial charge in [-0.1, -0.05) is 0 Å². The molecule has 0 aliphatic heterocycles. The summed E-state index contributed by atoms with van der Waals surface area (Å²) in [5, 5.41) is 3.15. The van der Waals surface area contributed by atoms with Crippen molar-refractivity contribution in [1.29, 1.82) is 0 Å². The van der Waals surface area contributed by atoms with E-state index >= 15 is 0 Å². The Labute approximate surface area is 251 Å². The molecule has 0 aromatic heterocycles. The summed E-state index contributed by atoms with van der Waals surface area (Å²) in [5.41, 5.74) is 9.64. The van der Waals surface area contributed by atoms with Crippen LogP contribution in [0.15, 0.2) is 139 Å². The Morgan fingerprint density at radius 2 is 0.923 bits per heavy atom. The topological polar surface area (TPSA) is 0 Å². The smallest absolute Gasteiger partial charge is 1.00 e. The van der Waals surface area contributed by atoms with Gasteiger partial charge in [-0.25, -0.2) is 0 Å². The van der Waals surface area contributed by atoms with E-state index in [0.29, 0.717) is 7.25 Å². The molecule has 0 nitrogen and oxygen atoms in total. The van der Waals surface area contributed by atoms with Gasteiger partial charge in [-0.2, -0.15) is 0 Å². The molecule has 5 aromatic rings. The predicted molar refractivity (Wildman–Crippen MR) is 154 cm³/mol. The van der Waals surface area contributed by atoms with E-state index in [1.807, 2.05) is 0 Å². The Kier molecular flexibility index (Phi) is 8.60. The first kappa shape index (κ1) is 28.1. The largest absolute Gasteiger partial charge is 1.00 e. The van der Waals surface area contributed by atoms with E-state index < -0.39 is 25.8 Å². The van der Waals surface area contributed by atoms with Gasteiger partial charge in [0.15, 0.2) is 0 Å². The standard InChI is InChI=1S/C13H9.C12H10Si.C10H9.2ClH.Zr/c1-3-7-12-10(5-1)9-11-6-2-4-8-13(11)12;1-3-7-11(8-4-1)13-12-9-5-2-6-10-12;1-8-6-9-4-2-3-5-10(9)7-8;;;/h1-9H;1-10H;2-7H,1H3;2*1H;/q;;;;;+2/p-2. The molecule has 1 atom stereocenters. The van der Waals surface area contributed by atoms with Crippen molar-refractivity contribution < 1.29 is 45.2 Å². The Morgan fingerprint density at radius 1 is 0.487 bits per heavy atom. The quantitative estimate of drug-likeness (QED) is 0.261. The number of allylic oxidation sites excluding steroid dienone is 1. The van der Waals surface area contributed by atoms with Crippen molar-refractivity contribution >= 4 is 21.9 Å². The molecule has 0 N–H and O–H groups in total. The van der Waals surface area contributed by atoms with Crippen LogP contribution in [0, 0.1) is 0 Å². The van der Waals surface area contributed by atoms with E-state index in [1.54, 1.807) is 32.6 Å². The normalized spacial score (nSPS) is 14.5. The molecule has 0 amide bonds. The predicted octanol–water partition coefficient (Wildman–Crippen LogP) is 1.35. The average Bonchev–Trinajstić information content (AvgIpc) is 3.47. The molecule has 0 saturated heterocycles. The van der Waals surface area contributed by atoms with E-state index in [1.165, 1.54) is 16.7 Å². The second-order valence-corrected chi connectivity index (χ2v) is 24.2. The van der Waals surface area contributed by atoms with Crippen LogP contribution in [0.3, 0.4) is 0 Å².